The van der Waals surface area contributed by atoms with Gasteiger partial charge in [-0.15, -0.1) is 11.8 Å². The molecule has 0 atom stereocenters. The highest BCUT2D eigenvalue weighted by Gasteiger charge is 2.08. The van der Waals surface area contributed by atoms with Crippen molar-refractivity contribution in [3.8, 4) is 11.3 Å². The maximum atomic E-state index is 12.0. The summed E-state index contributed by atoms with van der Waals surface area (Å²) in [4.78, 5) is 17.4. The molecule has 0 spiro atoms. The molecule has 26 heavy (non-hydrogen) atoms. The van der Waals surface area contributed by atoms with E-state index in [4.69, 9.17) is 4.42 Å². The van der Waals surface area contributed by atoms with Crippen molar-refractivity contribution >= 4 is 17.7 Å². The minimum Gasteiger partial charge on any atom is -0.441 e. The minimum absolute atomic E-state index is 0.0222. The summed E-state index contributed by atoms with van der Waals surface area (Å²) in [7, 11) is 0. The first-order valence-corrected chi connectivity index (χ1v) is 9.65. The van der Waals surface area contributed by atoms with Crippen LogP contribution in [0.15, 0.2) is 70.1 Å². The Morgan fingerprint density at radius 3 is 2.65 bits per heavy atom. The van der Waals surface area contributed by atoms with Crippen molar-refractivity contribution in [2.45, 2.75) is 24.7 Å². The summed E-state index contributed by atoms with van der Waals surface area (Å²) in [5.41, 5.74) is 2.24. The molecule has 0 aliphatic carbocycles. The summed E-state index contributed by atoms with van der Waals surface area (Å²) in [5.74, 6) is 2.20. The highest BCUT2D eigenvalue weighted by Crippen LogP contribution is 2.20. The molecule has 4 nitrogen and oxygen atoms in total. The maximum absolute atomic E-state index is 12.0. The van der Waals surface area contributed by atoms with Crippen LogP contribution in [0, 0.1) is 6.92 Å². The van der Waals surface area contributed by atoms with E-state index >= 15 is 0 Å². The van der Waals surface area contributed by atoms with Crippen LogP contribution in [0.5, 0.6) is 0 Å². The number of nitrogens with zero attached hydrogens (tertiary/aromatic N) is 1. The Kier molecular flexibility index (Phi) is 6.50. The van der Waals surface area contributed by atoms with Crippen molar-refractivity contribution in [3.63, 3.8) is 0 Å². The van der Waals surface area contributed by atoms with Gasteiger partial charge in [-0.3, -0.25) is 4.79 Å². The number of hydrogen-bond donors (Lipinski definition) is 1. The van der Waals surface area contributed by atoms with Gasteiger partial charge in [0.1, 0.15) is 0 Å². The van der Waals surface area contributed by atoms with Crippen molar-refractivity contribution in [2.24, 2.45) is 0 Å². The third-order valence-corrected chi connectivity index (χ3v) is 4.91. The van der Waals surface area contributed by atoms with Crippen LogP contribution in [-0.2, 0) is 11.2 Å². The number of aromatic nitrogens is 1. The average molecular weight is 366 g/mol. The average Bonchev–Trinajstić information content (AvgIpc) is 3.15. The number of carbonyl (C=O) groups is 1. The molecule has 134 valence electrons. The number of nitrogens with one attached hydrogen (secondary N) is 1. The van der Waals surface area contributed by atoms with Crippen molar-refractivity contribution in [2.75, 3.05) is 12.3 Å². The molecule has 0 fully saturated rings. The zero-order chi connectivity index (χ0) is 18.2. The second-order valence-corrected chi connectivity index (χ2v) is 7.16. The van der Waals surface area contributed by atoms with Gasteiger partial charge in [0.25, 0.3) is 0 Å². The van der Waals surface area contributed by atoms with E-state index in [1.54, 1.807) is 18.0 Å². The molecule has 0 radical (unpaired) electrons. The molecule has 3 rings (SSSR count). The van der Waals surface area contributed by atoms with Crippen molar-refractivity contribution in [3.05, 3.63) is 72.2 Å². The number of benzene rings is 2. The number of hydrogen-bond acceptors (Lipinski definition) is 4. The Balaban J connectivity index is 1.36. The Bertz CT molecular complexity index is 829. The van der Waals surface area contributed by atoms with Crippen LogP contribution >= 0.6 is 11.8 Å². The van der Waals surface area contributed by atoms with Crippen LogP contribution in [0.3, 0.4) is 0 Å². The zero-order valence-corrected chi connectivity index (χ0v) is 15.6. The van der Waals surface area contributed by atoms with Gasteiger partial charge in [-0.1, -0.05) is 48.0 Å². The van der Waals surface area contributed by atoms with Crippen molar-refractivity contribution < 1.29 is 9.21 Å². The van der Waals surface area contributed by atoms with Gasteiger partial charge in [-0.25, -0.2) is 4.98 Å². The quantitative estimate of drug-likeness (QED) is 0.471. The summed E-state index contributed by atoms with van der Waals surface area (Å²) >= 11 is 1.74. The van der Waals surface area contributed by atoms with E-state index in [0.29, 0.717) is 25.3 Å². The maximum Gasteiger partial charge on any atom is 0.220 e. The van der Waals surface area contributed by atoms with Crippen molar-refractivity contribution in [1.29, 1.82) is 0 Å². The molecule has 0 bridgehead atoms. The Morgan fingerprint density at radius 1 is 1.12 bits per heavy atom. The molecular weight excluding hydrogens is 344 g/mol. The van der Waals surface area contributed by atoms with Gasteiger partial charge in [0, 0.05) is 35.6 Å². The lowest BCUT2D eigenvalue weighted by Gasteiger charge is -2.05. The molecule has 1 amide bonds. The zero-order valence-electron chi connectivity index (χ0n) is 14.8. The summed E-state index contributed by atoms with van der Waals surface area (Å²) in [5, 5.41) is 2.94. The van der Waals surface area contributed by atoms with E-state index < -0.39 is 0 Å². The van der Waals surface area contributed by atoms with E-state index in [9.17, 15) is 4.79 Å². The lowest BCUT2D eigenvalue weighted by molar-refractivity contribution is -0.121. The number of rotatable bonds is 8. The molecule has 0 saturated heterocycles. The van der Waals surface area contributed by atoms with Gasteiger partial charge < -0.3 is 9.73 Å². The van der Waals surface area contributed by atoms with E-state index in [2.05, 4.69) is 41.5 Å². The largest absolute Gasteiger partial charge is 0.441 e. The van der Waals surface area contributed by atoms with Crippen LogP contribution in [0.4, 0.5) is 0 Å². The summed E-state index contributed by atoms with van der Waals surface area (Å²) in [6.45, 7) is 2.73. The Morgan fingerprint density at radius 2 is 1.88 bits per heavy atom. The van der Waals surface area contributed by atoms with E-state index in [1.165, 1.54) is 10.5 Å². The molecule has 2 aromatic carbocycles. The molecule has 0 aliphatic rings. The molecule has 0 saturated carbocycles. The molecule has 1 aromatic heterocycles. The number of thioether (sulfide) groups is 1. The summed E-state index contributed by atoms with van der Waals surface area (Å²) in [6, 6.07) is 18.2. The third-order valence-electron chi connectivity index (χ3n) is 3.89. The van der Waals surface area contributed by atoms with Gasteiger partial charge in [0.05, 0.1) is 6.20 Å². The lowest BCUT2D eigenvalue weighted by Crippen LogP contribution is -2.25. The highest BCUT2D eigenvalue weighted by molar-refractivity contribution is 7.99. The van der Waals surface area contributed by atoms with Crippen LogP contribution < -0.4 is 5.32 Å². The fraction of sp³-hybridized carbons (Fsp3) is 0.238. The highest BCUT2D eigenvalue weighted by atomic mass is 32.2. The standard InChI is InChI=1S/C21H22N2O2S/c1-16-7-9-18(10-8-16)26-14-13-22-20(24)11-12-21-23-15-19(25-21)17-5-3-2-4-6-17/h2-10,15H,11-14H2,1H3,(H,22,24). The predicted molar refractivity (Wildman–Crippen MR) is 105 cm³/mol. The van der Waals surface area contributed by atoms with Crippen LogP contribution in [-0.4, -0.2) is 23.2 Å². The lowest BCUT2D eigenvalue weighted by atomic mass is 10.2. The second kappa shape index (κ2) is 9.25. The first kappa shape index (κ1) is 18.3. The summed E-state index contributed by atoms with van der Waals surface area (Å²) < 4.78 is 5.72. The predicted octanol–water partition coefficient (Wildman–Crippen LogP) is 4.49. The molecule has 0 unspecified atom stereocenters. The molecule has 3 aromatic rings. The molecule has 1 heterocycles. The van der Waals surface area contributed by atoms with Crippen molar-refractivity contribution in [1.82, 2.24) is 10.3 Å². The fourth-order valence-corrected chi connectivity index (χ4v) is 3.23. The Labute approximate surface area is 158 Å². The molecule has 5 heteroatoms. The summed E-state index contributed by atoms with van der Waals surface area (Å²) in [6.07, 6.45) is 2.59. The van der Waals surface area contributed by atoms with E-state index in [-0.39, 0.29) is 5.91 Å². The van der Waals surface area contributed by atoms with Gasteiger partial charge in [0.15, 0.2) is 11.7 Å². The second-order valence-electron chi connectivity index (χ2n) is 6.00. The molecule has 1 N–H and O–H groups in total. The number of oxazole rings is 1. The van der Waals surface area contributed by atoms with Crippen LogP contribution in [0.1, 0.15) is 17.9 Å². The van der Waals surface area contributed by atoms with Gasteiger partial charge in [0.2, 0.25) is 5.91 Å². The van der Waals surface area contributed by atoms with Gasteiger partial charge in [-0.2, -0.15) is 0 Å². The minimum atomic E-state index is 0.0222. The third kappa shape index (κ3) is 5.49. The Hall–Kier alpha value is -2.53. The first-order valence-electron chi connectivity index (χ1n) is 8.67. The smallest absolute Gasteiger partial charge is 0.220 e. The number of amides is 1. The SMILES string of the molecule is Cc1ccc(SCCNC(=O)CCc2ncc(-c3ccccc3)o2)cc1. The number of aryl methyl sites for hydroxylation is 2. The van der Waals surface area contributed by atoms with Crippen LogP contribution in [0.2, 0.25) is 0 Å². The first-order chi connectivity index (χ1) is 12.7. The molecule has 0 aliphatic heterocycles. The van der Waals surface area contributed by atoms with Crippen LogP contribution in [0.25, 0.3) is 11.3 Å². The monoisotopic (exact) mass is 366 g/mol. The molecular formula is C21H22N2O2S. The van der Waals surface area contributed by atoms with Gasteiger partial charge in [-0.05, 0) is 19.1 Å². The topological polar surface area (TPSA) is 55.1 Å². The van der Waals surface area contributed by atoms with Gasteiger partial charge >= 0.3 is 0 Å². The fourth-order valence-electron chi connectivity index (χ4n) is 2.46. The van der Waals surface area contributed by atoms with E-state index in [1.807, 2.05) is 30.3 Å². The number of carbonyl (C=O) groups excluding carboxylic acids is 1. The normalized spacial score (nSPS) is 10.7. The van der Waals surface area contributed by atoms with E-state index in [0.717, 1.165) is 17.1 Å².